The summed E-state index contributed by atoms with van der Waals surface area (Å²) in [4.78, 5) is 35.5. The Kier molecular flexibility index (Phi) is 6.32. The molecule has 1 aliphatic carbocycles. The third-order valence-electron chi connectivity index (χ3n) is 6.31. The molecule has 31 heavy (non-hydrogen) atoms. The van der Waals surface area contributed by atoms with Gasteiger partial charge in [0.15, 0.2) is 5.13 Å². The number of anilines is 2. The summed E-state index contributed by atoms with van der Waals surface area (Å²) in [6.07, 6.45) is 2.45. The third kappa shape index (κ3) is 4.76. The van der Waals surface area contributed by atoms with Crippen LogP contribution in [-0.2, 0) is 22.4 Å². The number of nitrogens with zero attached hydrogens (tertiary/aromatic N) is 3. The zero-order valence-electron chi connectivity index (χ0n) is 18.9. The van der Waals surface area contributed by atoms with Gasteiger partial charge in [-0.25, -0.2) is 4.98 Å². The summed E-state index contributed by atoms with van der Waals surface area (Å²) >= 11 is 1.72. The first-order chi connectivity index (χ1) is 14.8. The lowest BCUT2D eigenvalue weighted by Gasteiger charge is -2.35. The summed E-state index contributed by atoms with van der Waals surface area (Å²) in [5.74, 6) is 0.373. The second-order valence-electron chi connectivity index (χ2n) is 9.08. The number of piperazine rings is 1. The van der Waals surface area contributed by atoms with Crippen molar-refractivity contribution in [2.75, 3.05) is 36.4 Å². The number of thiazole rings is 1. The molecule has 2 aliphatic rings. The van der Waals surface area contributed by atoms with Crippen LogP contribution in [0, 0.1) is 25.7 Å². The van der Waals surface area contributed by atoms with Gasteiger partial charge >= 0.3 is 0 Å². The molecule has 1 aromatic heterocycles. The summed E-state index contributed by atoms with van der Waals surface area (Å²) in [5.41, 5.74) is 4.30. The molecule has 1 fully saturated rings. The van der Waals surface area contributed by atoms with Crippen LogP contribution in [0.15, 0.2) is 18.2 Å². The fraction of sp³-hybridized carbons (Fsp3) is 0.542. The third-order valence-corrected chi connectivity index (χ3v) is 7.49. The average Bonchev–Trinajstić information content (AvgIpc) is 3.19. The molecule has 0 spiro atoms. The molecule has 7 heteroatoms. The summed E-state index contributed by atoms with van der Waals surface area (Å²) < 4.78 is 0. The minimum absolute atomic E-state index is 0.0128. The Labute approximate surface area is 188 Å². The van der Waals surface area contributed by atoms with Crippen LogP contribution in [0.3, 0.4) is 0 Å². The molecule has 0 saturated carbocycles. The first-order valence-corrected chi connectivity index (χ1v) is 12.0. The molecular formula is C24H32N4O2S. The zero-order valence-corrected chi connectivity index (χ0v) is 19.7. The van der Waals surface area contributed by atoms with E-state index in [9.17, 15) is 9.59 Å². The number of benzene rings is 1. The van der Waals surface area contributed by atoms with Crippen molar-refractivity contribution in [2.24, 2.45) is 11.8 Å². The van der Waals surface area contributed by atoms with E-state index >= 15 is 0 Å². The molecule has 2 aromatic rings. The molecule has 1 saturated heterocycles. The zero-order chi connectivity index (χ0) is 22.1. The number of aromatic nitrogens is 1. The molecule has 2 amide bonds. The smallest absolute Gasteiger partial charge is 0.227 e. The summed E-state index contributed by atoms with van der Waals surface area (Å²) in [6, 6.07) is 6.15. The molecule has 4 rings (SSSR count). The van der Waals surface area contributed by atoms with E-state index in [4.69, 9.17) is 4.98 Å². The number of rotatable bonds is 4. The lowest BCUT2D eigenvalue weighted by atomic mass is 9.90. The van der Waals surface area contributed by atoms with Crippen LogP contribution in [-0.4, -0.2) is 47.9 Å². The van der Waals surface area contributed by atoms with Crippen molar-refractivity contribution in [3.05, 3.63) is 39.9 Å². The van der Waals surface area contributed by atoms with Gasteiger partial charge in [-0.2, -0.15) is 0 Å². The van der Waals surface area contributed by atoms with E-state index in [2.05, 4.69) is 16.3 Å². The van der Waals surface area contributed by atoms with Crippen LogP contribution < -0.4 is 10.2 Å². The minimum atomic E-state index is -0.0128. The van der Waals surface area contributed by atoms with Crippen molar-refractivity contribution >= 4 is 34.0 Å². The maximum Gasteiger partial charge on any atom is 0.227 e. The highest BCUT2D eigenvalue weighted by molar-refractivity contribution is 7.15. The van der Waals surface area contributed by atoms with Crippen LogP contribution in [0.1, 0.15) is 42.0 Å². The number of nitrogens with one attached hydrogen (secondary N) is 1. The molecule has 1 N–H and O–H groups in total. The number of carbonyl (C=O) groups excluding carboxylic acids is 2. The van der Waals surface area contributed by atoms with E-state index < -0.39 is 0 Å². The van der Waals surface area contributed by atoms with Gasteiger partial charge in [0, 0.05) is 48.6 Å². The molecule has 0 radical (unpaired) electrons. The van der Waals surface area contributed by atoms with E-state index in [1.165, 1.54) is 4.88 Å². The van der Waals surface area contributed by atoms with E-state index in [0.29, 0.717) is 0 Å². The Bertz CT molecular complexity index is 976. The topological polar surface area (TPSA) is 65.5 Å². The molecule has 0 bridgehead atoms. The van der Waals surface area contributed by atoms with Crippen molar-refractivity contribution in [2.45, 2.75) is 47.0 Å². The number of fused-ring (bicyclic) bond motifs is 1. The van der Waals surface area contributed by atoms with Crippen LogP contribution in [0.5, 0.6) is 0 Å². The Morgan fingerprint density at radius 2 is 1.90 bits per heavy atom. The first kappa shape index (κ1) is 21.8. The van der Waals surface area contributed by atoms with Gasteiger partial charge in [0.25, 0.3) is 0 Å². The number of amides is 2. The Morgan fingerprint density at radius 3 is 2.61 bits per heavy atom. The van der Waals surface area contributed by atoms with Gasteiger partial charge < -0.3 is 15.1 Å². The van der Waals surface area contributed by atoms with Crippen LogP contribution in [0.25, 0.3) is 0 Å². The molecule has 6 nitrogen and oxygen atoms in total. The van der Waals surface area contributed by atoms with E-state index in [1.54, 1.807) is 11.3 Å². The molecule has 0 unspecified atom stereocenters. The van der Waals surface area contributed by atoms with Gasteiger partial charge in [-0.15, -0.1) is 11.3 Å². The van der Waals surface area contributed by atoms with Gasteiger partial charge in [0.2, 0.25) is 11.8 Å². The van der Waals surface area contributed by atoms with Crippen molar-refractivity contribution in [1.29, 1.82) is 0 Å². The van der Waals surface area contributed by atoms with Gasteiger partial charge in [-0.05, 0) is 50.3 Å². The summed E-state index contributed by atoms with van der Waals surface area (Å²) in [7, 11) is 0. The van der Waals surface area contributed by atoms with Gasteiger partial charge in [0.05, 0.1) is 5.69 Å². The number of carbonyl (C=O) groups is 2. The first-order valence-electron chi connectivity index (χ1n) is 11.2. The maximum absolute atomic E-state index is 12.9. The Hall–Kier alpha value is -2.41. The second kappa shape index (κ2) is 8.99. The molecule has 1 aromatic carbocycles. The van der Waals surface area contributed by atoms with Crippen molar-refractivity contribution in [1.82, 2.24) is 9.88 Å². The molecule has 166 valence electrons. The van der Waals surface area contributed by atoms with Crippen LogP contribution in [0.4, 0.5) is 10.8 Å². The predicted octanol–water partition coefficient (Wildman–Crippen LogP) is 3.81. The molecular weight excluding hydrogens is 408 g/mol. The van der Waals surface area contributed by atoms with Crippen molar-refractivity contribution < 1.29 is 9.59 Å². The van der Waals surface area contributed by atoms with Crippen LogP contribution in [0.2, 0.25) is 0 Å². The van der Waals surface area contributed by atoms with E-state index in [1.807, 2.05) is 44.7 Å². The van der Waals surface area contributed by atoms with E-state index in [-0.39, 0.29) is 23.7 Å². The van der Waals surface area contributed by atoms with Gasteiger partial charge in [-0.1, -0.05) is 26.0 Å². The SMILES string of the molecule is Cc1ccc(C)c(NC(=O)[C@H]2CCc3nc(N4CCN(C(=O)C(C)C)CC4)sc3C2)c1. The van der Waals surface area contributed by atoms with Gasteiger partial charge in [-0.3, -0.25) is 9.59 Å². The highest BCUT2D eigenvalue weighted by Gasteiger charge is 2.30. The van der Waals surface area contributed by atoms with Crippen molar-refractivity contribution in [3.63, 3.8) is 0 Å². The highest BCUT2D eigenvalue weighted by atomic mass is 32.1. The average molecular weight is 441 g/mol. The molecule has 1 atom stereocenters. The van der Waals surface area contributed by atoms with Gasteiger partial charge in [0.1, 0.15) is 0 Å². The van der Waals surface area contributed by atoms with Crippen LogP contribution >= 0.6 is 11.3 Å². The quantitative estimate of drug-likeness (QED) is 0.785. The summed E-state index contributed by atoms with van der Waals surface area (Å²) in [6.45, 7) is 11.1. The highest BCUT2D eigenvalue weighted by Crippen LogP contribution is 2.35. The molecule has 2 heterocycles. The maximum atomic E-state index is 12.9. The molecule has 1 aliphatic heterocycles. The predicted molar refractivity (Wildman–Crippen MR) is 126 cm³/mol. The monoisotopic (exact) mass is 440 g/mol. The van der Waals surface area contributed by atoms with Crippen molar-refractivity contribution in [3.8, 4) is 0 Å². The normalized spacial score (nSPS) is 18.8. The van der Waals surface area contributed by atoms with E-state index in [0.717, 1.165) is 73.1 Å². The lowest BCUT2D eigenvalue weighted by molar-refractivity contribution is -0.134. The fourth-order valence-corrected chi connectivity index (χ4v) is 5.55. The Morgan fingerprint density at radius 1 is 1.16 bits per heavy atom. The second-order valence-corrected chi connectivity index (χ2v) is 10.1. The number of aryl methyl sites for hydroxylation is 3. The fourth-order valence-electron chi connectivity index (χ4n) is 4.31. The minimum Gasteiger partial charge on any atom is -0.345 e. The summed E-state index contributed by atoms with van der Waals surface area (Å²) in [5, 5.41) is 4.18. The number of hydrogen-bond acceptors (Lipinski definition) is 5. The number of hydrogen-bond donors (Lipinski definition) is 1. The lowest BCUT2D eigenvalue weighted by Crippen LogP contribution is -2.49. The largest absolute Gasteiger partial charge is 0.345 e. The standard InChI is InChI=1S/C24H32N4O2S/c1-15(2)23(30)27-9-11-28(12-10-27)24-26-19-8-7-18(14-21(19)31-24)22(29)25-20-13-16(3)5-6-17(20)4/h5-6,13,15,18H,7-12,14H2,1-4H3,(H,25,29)/t18-/m0/s1. The Balaban J connectivity index is 1.38.